The Labute approximate surface area is 98.1 Å². The number of aryl methyl sites for hydroxylation is 1. The summed E-state index contributed by atoms with van der Waals surface area (Å²) in [6, 6.07) is 1.77. The molecule has 0 aliphatic carbocycles. The summed E-state index contributed by atoms with van der Waals surface area (Å²) < 4.78 is 5.22. The SMILES string of the molecule is CCCc1c(O)nc(-c2occc2C)[nH]c1=O. The highest BCUT2D eigenvalue weighted by atomic mass is 16.3. The van der Waals surface area contributed by atoms with Gasteiger partial charge in [0, 0.05) is 0 Å². The number of aromatic nitrogens is 2. The number of aromatic hydroxyl groups is 1. The van der Waals surface area contributed by atoms with Gasteiger partial charge < -0.3 is 14.5 Å². The number of rotatable bonds is 3. The average molecular weight is 234 g/mol. The van der Waals surface area contributed by atoms with E-state index in [-0.39, 0.29) is 17.3 Å². The van der Waals surface area contributed by atoms with Crippen LogP contribution in [0.2, 0.25) is 0 Å². The third-order valence-electron chi connectivity index (χ3n) is 2.57. The van der Waals surface area contributed by atoms with E-state index in [4.69, 9.17) is 4.42 Å². The Balaban J connectivity index is 2.53. The number of aromatic amines is 1. The Bertz CT molecular complexity index is 584. The number of hydrogen-bond donors (Lipinski definition) is 2. The monoisotopic (exact) mass is 234 g/mol. The van der Waals surface area contributed by atoms with Crippen molar-refractivity contribution in [2.75, 3.05) is 0 Å². The third kappa shape index (κ3) is 2.08. The average Bonchev–Trinajstić information content (AvgIpc) is 2.69. The minimum Gasteiger partial charge on any atom is -0.493 e. The standard InChI is InChI=1S/C12H14N2O3/c1-3-4-8-11(15)13-10(14-12(8)16)9-7(2)5-6-17-9/h5-6H,3-4H2,1-2H3,(H2,13,14,15,16). The molecule has 0 bridgehead atoms. The lowest BCUT2D eigenvalue weighted by atomic mass is 10.2. The van der Waals surface area contributed by atoms with Crippen LogP contribution in [0.15, 0.2) is 21.5 Å². The molecule has 0 amide bonds. The quantitative estimate of drug-likeness (QED) is 0.851. The molecule has 0 spiro atoms. The van der Waals surface area contributed by atoms with Gasteiger partial charge in [-0.1, -0.05) is 13.3 Å². The van der Waals surface area contributed by atoms with Gasteiger partial charge in [-0.15, -0.1) is 0 Å². The van der Waals surface area contributed by atoms with Crippen LogP contribution in [0.4, 0.5) is 0 Å². The van der Waals surface area contributed by atoms with Crippen molar-refractivity contribution in [2.24, 2.45) is 0 Å². The molecule has 5 nitrogen and oxygen atoms in total. The van der Waals surface area contributed by atoms with Gasteiger partial charge in [-0.2, -0.15) is 4.98 Å². The van der Waals surface area contributed by atoms with Crippen LogP contribution in [-0.2, 0) is 6.42 Å². The molecule has 5 heteroatoms. The summed E-state index contributed by atoms with van der Waals surface area (Å²) in [7, 11) is 0. The first kappa shape index (κ1) is 11.4. The molecule has 0 fully saturated rings. The molecule has 0 unspecified atom stereocenters. The van der Waals surface area contributed by atoms with Crippen molar-refractivity contribution in [3.05, 3.63) is 33.8 Å². The molecule has 0 aliphatic heterocycles. The fourth-order valence-electron chi connectivity index (χ4n) is 1.68. The minimum absolute atomic E-state index is 0.221. The predicted octanol–water partition coefficient (Wildman–Crippen LogP) is 2.00. The smallest absolute Gasteiger partial charge is 0.258 e. The highest BCUT2D eigenvalue weighted by Gasteiger charge is 2.14. The van der Waals surface area contributed by atoms with Crippen LogP contribution in [0.1, 0.15) is 24.5 Å². The zero-order valence-electron chi connectivity index (χ0n) is 9.78. The molecule has 0 aromatic carbocycles. The number of nitrogens with zero attached hydrogens (tertiary/aromatic N) is 1. The maximum Gasteiger partial charge on any atom is 0.258 e. The summed E-state index contributed by atoms with van der Waals surface area (Å²) in [5, 5.41) is 9.72. The Morgan fingerprint density at radius 2 is 2.29 bits per heavy atom. The molecule has 2 N–H and O–H groups in total. The first-order valence-corrected chi connectivity index (χ1v) is 5.50. The van der Waals surface area contributed by atoms with E-state index >= 15 is 0 Å². The summed E-state index contributed by atoms with van der Waals surface area (Å²) in [6.07, 6.45) is 2.80. The van der Waals surface area contributed by atoms with Gasteiger partial charge in [-0.25, -0.2) is 0 Å². The van der Waals surface area contributed by atoms with Crippen molar-refractivity contribution in [2.45, 2.75) is 26.7 Å². The van der Waals surface area contributed by atoms with E-state index in [2.05, 4.69) is 9.97 Å². The van der Waals surface area contributed by atoms with Crippen LogP contribution in [0.3, 0.4) is 0 Å². The molecule has 0 atom stereocenters. The fraction of sp³-hybridized carbons (Fsp3) is 0.333. The van der Waals surface area contributed by atoms with Crippen molar-refractivity contribution in [1.82, 2.24) is 9.97 Å². The van der Waals surface area contributed by atoms with E-state index in [0.717, 1.165) is 12.0 Å². The predicted molar refractivity (Wildman–Crippen MR) is 63.0 cm³/mol. The van der Waals surface area contributed by atoms with Crippen LogP contribution < -0.4 is 5.56 Å². The lowest BCUT2D eigenvalue weighted by Crippen LogP contribution is -2.15. The summed E-state index contributed by atoms with van der Waals surface area (Å²) in [5.41, 5.74) is 0.862. The zero-order valence-corrected chi connectivity index (χ0v) is 9.78. The third-order valence-corrected chi connectivity index (χ3v) is 2.57. The van der Waals surface area contributed by atoms with Gasteiger partial charge in [-0.3, -0.25) is 4.79 Å². The topological polar surface area (TPSA) is 79.1 Å². The van der Waals surface area contributed by atoms with Crippen LogP contribution in [-0.4, -0.2) is 15.1 Å². The highest BCUT2D eigenvalue weighted by molar-refractivity contribution is 5.52. The van der Waals surface area contributed by atoms with Crippen molar-refractivity contribution in [3.63, 3.8) is 0 Å². The maximum absolute atomic E-state index is 11.8. The lowest BCUT2D eigenvalue weighted by molar-refractivity contribution is 0.441. The molecule has 0 saturated carbocycles. The molecule has 0 saturated heterocycles. The Hall–Kier alpha value is -2.04. The van der Waals surface area contributed by atoms with E-state index in [1.54, 1.807) is 6.07 Å². The van der Waals surface area contributed by atoms with Crippen molar-refractivity contribution >= 4 is 0 Å². The second-order valence-corrected chi connectivity index (χ2v) is 3.90. The zero-order chi connectivity index (χ0) is 12.4. The van der Waals surface area contributed by atoms with Crippen LogP contribution in [0, 0.1) is 6.92 Å². The van der Waals surface area contributed by atoms with E-state index in [0.29, 0.717) is 17.7 Å². The fourth-order valence-corrected chi connectivity index (χ4v) is 1.68. The largest absolute Gasteiger partial charge is 0.493 e. The Kier molecular flexibility index (Phi) is 2.99. The highest BCUT2D eigenvalue weighted by Crippen LogP contribution is 2.22. The molecule has 2 heterocycles. The Morgan fingerprint density at radius 3 is 2.82 bits per heavy atom. The molecule has 2 aromatic rings. The second kappa shape index (κ2) is 4.45. The molecular formula is C12H14N2O3. The molecule has 17 heavy (non-hydrogen) atoms. The lowest BCUT2D eigenvalue weighted by Gasteiger charge is -2.03. The normalized spacial score (nSPS) is 10.7. The van der Waals surface area contributed by atoms with Gasteiger partial charge >= 0.3 is 0 Å². The summed E-state index contributed by atoms with van der Waals surface area (Å²) >= 11 is 0. The molecule has 0 aliphatic rings. The van der Waals surface area contributed by atoms with Crippen molar-refractivity contribution in [1.29, 1.82) is 0 Å². The molecular weight excluding hydrogens is 220 g/mol. The molecule has 0 radical (unpaired) electrons. The first-order valence-electron chi connectivity index (χ1n) is 5.50. The van der Waals surface area contributed by atoms with Gasteiger partial charge in [0.05, 0.1) is 11.8 Å². The first-order chi connectivity index (χ1) is 8.13. The van der Waals surface area contributed by atoms with E-state index in [1.807, 2.05) is 13.8 Å². The van der Waals surface area contributed by atoms with Gasteiger partial charge in [0.25, 0.3) is 5.56 Å². The molecule has 2 aromatic heterocycles. The van der Waals surface area contributed by atoms with Crippen molar-refractivity contribution < 1.29 is 9.52 Å². The summed E-state index contributed by atoms with van der Waals surface area (Å²) in [4.78, 5) is 18.3. The van der Waals surface area contributed by atoms with E-state index in [1.165, 1.54) is 6.26 Å². The van der Waals surface area contributed by atoms with Gasteiger partial charge in [0.1, 0.15) is 0 Å². The van der Waals surface area contributed by atoms with E-state index in [9.17, 15) is 9.90 Å². The van der Waals surface area contributed by atoms with Crippen molar-refractivity contribution in [3.8, 4) is 17.5 Å². The van der Waals surface area contributed by atoms with E-state index < -0.39 is 0 Å². The van der Waals surface area contributed by atoms with Crippen LogP contribution in [0.25, 0.3) is 11.6 Å². The number of furan rings is 1. The molecule has 90 valence electrons. The van der Waals surface area contributed by atoms with Gasteiger partial charge in [-0.05, 0) is 25.0 Å². The second-order valence-electron chi connectivity index (χ2n) is 3.90. The number of nitrogens with one attached hydrogen (secondary N) is 1. The molecule has 2 rings (SSSR count). The number of hydrogen-bond acceptors (Lipinski definition) is 4. The Morgan fingerprint density at radius 1 is 1.53 bits per heavy atom. The van der Waals surface area contributed by atoms with Crippen LogP contribution >= 0.6 is 0 Å². The van der Waals surface area contributed by atoms with Gasteiger partial charge in [0.15, 0.2) is 11.6 Å². The van der Waals surface area contributed by atoms with Crippen LogP contribution in [0.5, 0.6) is 5.88 Å². The minimum atomic E-state index is -0.315. The van der Waals surface area contributed by atoms with Gasteiger partial charge in [0.2, 0.25) is 5.88 Å². The summed E-state index contributed by atoms with van der Waals surface area (Å²) in [6.45, 7) is 3.78. The number of H-pyrrole nitrogens is 1. The maximum atomic E-state index is 11.8. The summed E-state index contributed by atoms with van der Waals surface area (Å²) in [5.74, 6) is 0.511.